The van der Waals surface area contributed by atoms with Crippen LogP contribution in [-0.2, 0) is 4.74 Å². The van der Waals surface area contributed by atoms with E-state index in [0.29, 0.717) is 11.7 Å². The highest BCUT2D eigenvalue weighted by molar-refractivity contribution is 5.92. The molecule has 0 amide bonds. The van der Waals surface area contributed by atoms with Crippen LogP contribution in [0.5, 0.6) is 0 Å². The summed E-state index contributed by atoms with van der Waals surface area (Å²) in [7, 11) is 4.29. The minimum Gasteiger partial charge on any atom is -0.456 e. The molecule has 1 aromatic heterocycles. The van der Waals surface area contributed by atoms with Gasteiger partial charge in [-0.3, -0.25) is 0 Å². The Bertz CT molecular complexity index is 614. The summed E-state index contributed by atoms with van der Waals surface area (Å²) < 4.78 is 11.4. The Kier molecular flexibility index (Phi) is 4.48. The predicted octanol–water partition coefficient (Wildman–Crippen LogP) is 2.29. The van der Waals surface area contributed by atoms with Crippen LogP contribution in [0, 0.1) is 5.92 Å². The molecule has 118 valence electrons. The van der Waals surface area contributed by atoms with E-state index in [1.807, 2.05) is 24.3 Å². The number of fused-ring (bicyclic) bond motifs is 1. The molecule has 1 aliphatic carbocycles. The number of benzene rings is 1. The smallest absolute Gasteiger partial charge is 0.374 e. The van der Waals surface area contributed by atoms with Gasteiger partial charge in [-0.2, -0.15) is 0 Å². The van der Waals surface area contributed by atoms with E-state index in [0.717, 1.165) is 36.8 Å². The van der Waals surface area contributed by atoms with Crippen LogP contribution in [-0.4, -0.2) is 32.7 Å². The second-order valence-corrected chi connectivity index (χ2v) is 6.55. The number of para-hydroxylation sites is 1. The predicted molar refractivity (Wildman–Crippen MR) is 85.1 cm³/mol. The fourth-order valence-electron chi connectivity index (χ4n) is 3.36. The summed E-state index contributed by atoms with van der Waals surface area (Å²) in [5.74, 6) is 0.427. The number of ether oxygens (including phenoxy) is 1. The minimum absolute atomic E-state index is 0.0179. The average Bonchev–Trinajstić information content (AvgIpc) is 2.93. The number of carbonyl (C=O) groups excluding carboxylic acids is 1. The highest BCUT2D eigenvalue weighted by Crippen LogP contribution is 2.27. The second kappa shape index (κ2) is 6.53. The monoisotopic (exact) mass is 302 g/mol. The first kappa shape index (κ1) is 15.1. The summed E-state index contributed by atoms with van der Waals surface area (Å²) in [5, 5.41) is 0.937. The third-order valence-corrected chi connectivity index (χ3v) is 4.39. The molecule has 22 heavy (non-hydrogen) atoms. The Morgan fingerprint density at radius 1 is 1.27 bits per heavy atom. The Morgan fingerprint density at radius 3 is 2.82 bits per heavy atom. The number of quaternary nitrogens is 1. The molecule has 3 rings (SSSR count). The van der Waals surface area contributed by atoms with Gasteiger partial charge >= 0.3 is 5.97 Å². The molecule has 1 fully saturated rings. The standard InChI is InChI=1S/C18H23NO3/c1-19(2)12-14-8-4-6-10-16(14)22-18(20)17-11-13-7-3-5-9-15(13)21-17/h3,5,7,9,11,14,16H,4,6,8,10,12H2,1-2H3/p+1/t14-,16-/m0/s1. The zero-order chi connectivity index (χ0) is 15.5. The molecular formula is C18H24NO3+. The maximum absolute atomic E-state index is 12.4. The van der Waals surface area contributed by atoms with Gasteiger partial charge in [0.1, 0.15) is 11.7 Å². The van der Waals surface area contributed by atoms with E-state index in [1.54, 1.807) is 6.07 Å². The van der Waals surface area contributed by atoms with Gasteiger partial charge in [0.25, 0.3) is 0 Å². The zero-order valence-electron chi connectivity index (χ0n) is 13.3. The van der Waals surface area contributed by atoms with E-state index in [9.17, 15) is 4.79 Å². The van der Waals surface area contributed by atoms with Crippen molar-refractivity contribution >= 4 is 16.9 Å². The van der Waals surface area contributed by atoms with Gasteiger partial charge in [0.2, 0.25) is 5.76 Å². The van der Waals surface area contributed by atoms with Gasteiger partial charge in [0.05, 0.1) is 20.6 Å². The third kappa shape index (κ3) is 3.33. The van der Waals surface area contributed by atoms with Crippen molar-refractivity contribution in [3.8, 4) is 0 Å². The van der Waals surface area contributed by atoms with E-state index in [1.165, 1.54) is 11.3 Å². The molecular weight excluding hydrogens is 278 g/mol. The summed E-state index contributed by atoms with van der Waals surface area (Å²) in [4.78, 5) is 13.8. The Balaban J connectivity index is 1.71. The summed E-state index contributed by atoms with van der Waals surface area (Å²) in [6, 6.07) is 9.41. The first-order valence-electron chi connectivity index (χ1n) is 8.12. The number of carbonyl (C=O) groups is 1. The lowest BCUT2D eigenvalue weighted by molar-refractivity contribution is -0.862. The summed E-state index contributed by atoms with van der Waals surface area (Å²) >= 11 is 0. The van der Waals surface area contributed by atoms with E-state index >= 15 is 0 Å². The molecule has 4 nitrogen and oxygen atoms in total. The van der Waals surface area contributed by atoms with Crippen molar-refractivity contribution in [2.75, 3.05) is 20.6 Å². The van der Waals surface area contributed by atoms with Gasteiger partial charge in [0, 0.05) is 11.3 Å². The van der Waals surface area contributed by atoms with Crippen molar-refractivity contribution in [1.82, 2.24) is 0 Å². The molecule has 2 aromatic rings. The van der Waals surface area contributed by atoms with Gasteiger partial charge in [-0.15, -0.1) is 0 Å². The molecule has 0 spiro atoms. The maximum Gasteiger partial charge on any atom is 0.374 e. The van der Waals surface area contributed by atoms with Crippen molar-refractivity contribution in [3.05, 3.63) is 36.1 Å². The topological polar surface area (TPSA) is 43.9 Å². The minimum atomic E-state index is -0.332. The van der Waals surface area contributed by atoms with Gasteiger partial charge in [-0.1, -0.05) is 24.6 Å². The molecule has 1 saturated carbocycles. The van der Waals surface area contributed by atoms with Gasteiger partial charge in [0.15, 0.2) is 0 Å². The van der Waals surface area contributed by atoms with Crippen LogP contribution in [0.2, 0.25) is 0 Å². The van der Waals surface area contributed by atoms with Crippen LogP contribution >= 0.6 is 0 Å². The summed E-state index contributed by atoms with van der Waals surface area (Å²) in [6.07, 6.45) is 4.49. The number of esters is 1. The van der Waals surface area contributed by atoms with Crippen molar-refractivity contribution in [3.63, 3.8) is 0 Å². The second-order valence-electron chi connectivity index (χ2n) is 6.55. The molecule has 4 heteroatoms. The Hall–Kier alpha value is -1.81. The van der Waals surface area contributed by atoms with E-state index < -0.39 is 0 Å². The van der Waals surface area contributed by atoms with Crippen LogP contribution in [0.3, 0.4) is 0 Å². The third-order valence-electron chi connectivity index (χ3n) is 4.39. The average molecular weight is 302 g/mol. The van der Waals surface area contributed by atoms with Gasteiger partial charge in [-0.25, -0.2) is 4.79 Å². The summed E-state index contributed by atoms with van der Waals surface area (Å²) in [5.41, 5.74) is 0.729. The van der Waals surface area contributed by atoms with Gasteiger partial charge < -0.3 is 14.1 Å². The highest BCUT2D eigenvalue weighted by atomic mass is 16.6. The Morgan fingerprint density at radius 2 is 2.05 bits per heavy atom. The molecule has 1 heterocycles. The first-order chi connectivity index (χ1) is 10.6. The van der Waals surface area contributed by atoms with E-state index in [4.69, 9.17) is 9.15 Å². The molecule has 1 aromatic carbocycles. The molecule has 0 bridgehead atoms. The fourth-order valence-corrected chi connectivity index (χ4v) is 3.36. The largest absolute Gasteiger partial charge is 0.456 e. The van der Waals surface area contributed by atoms with E-state index in [-0.39, 0.29) is 12.1 Å². The zero-order valence-corrected chi connectivity index (χ0v) is 13.3. The van der Waals surface area contributed by atoms with Crippen LogP contribution in [0.4, 0.5) is 0 Å². The van der Waals surface area contributed by atoms with Crippen molar-refractivity contribution in [2.45, 2.75) is 31.8 Å². The normalized spacial score (nSPS) is 22.1. The SMILES string of the molecule is C[NH+](C)C[C@@H]1CCCC[C@@H]1OC(=O)c1cc2ccccc2o1. The number of hydrogen-bond donors (Lipinski definition) is 1. The highest BCUT2D eigenvalue weighted by Gasteiger charge is 2.31. The number of furan rings is 1. The van der Waals surface area contributed by atoms with Crippen molar-refractivity contribution < 1.29 is 18.8 Å². The lowest BCUT2D eigenvalue weighted by Gasteiger charge is -2.31. The van der Waals surface area contributed by atoms with Crippen LogP contribution in [0.1, 0.15) is 36.2 Å². The fraction of sp³-hybridized carbons (Fsp3) is 0.500. The molecule has 2 atom stereocenters. The molecule has 1 aliphatic rings. The molecule has 0 saturated heterocycles. The number of nitrogens with one attached hydrogen (secondary N) is 1. The van der Waals surface area contributed by atoms with Gasteiger partial charge in [-0.05, 0) is 31.4 Å². The maximum atomic E-state index is 12.4. The van der Waals surface area contributed by atoms with E-state index in [2.05, 4.69) is 14.1 Å². The van der Waals surface area contributed by atoms with Crippen molar-refractivity contribution in [1.29, 1.82) is 0 Å². The number of hydrogen-bond acceptors (Lipinski definition) is 3. The number of rotatable bonds is 4. The molecule has 0 aliphatic heterocycles. The lowest BCUT2D eigenvalue weighted by Crippen LogP contribution is -3.06. The van der Waals surface area contributed by atoms with Crippen molar-refractivity contribution in [2.24, 2.45) is 5.92 Å². The molecule has 1 N–H and O–H groups in total. The Labute approximate surface area is 131 Å². The van der Waals surface area contributed by atoms with Crippen LogP contribution in [0.15, 0.2) is 34.7 Å². The molecule has 0 unspecified atom stereocenters. The summed E-state index contributed by atoms with van der Waals surface area (Å²) in [6.45, 7) is 1.04. The first-order valence-corrected chi connectivity index (χ1v) is 8.12. The molecule has 0 radical (unpaired) electrons. The quantitative estimate of drug-likeness (QED) is 0.881. The van der Waals surface area contributed by atoms with Crippen LogP contribution in [0.25, 0.3) is 11.0 Å². The van der Waals surface area contributed by atoms with Crippen LogP contribution < -0.4 is 4.90 Å². The lowest BCUT2D eigenvalue weighted by atomic mass is 9.86.